The molecule has 46 heavy (non-hydrogen) atoms. The molecule has 0 aromatic heterocycles. The summed E-state index contributed by atoms with van der Waals surface area (Å²) >= 11 is 1.30. The van der Waals surface area contributed by atoms with Crippen molar-refractivity contribution in [3.05, 3.63) is 162 Å². The van der Waals surface area contributed by atoms with Gasteiger partial charge in [-0.1, -0.05) is 66.7 Å². The summed E-state index contributed by atoms with van der Waals surface area (Å²) in [7, 11) is 1.57. The number of anilines is 2. The molecule has 0 fully saturated rings. The van der Waals surface area contributed by atoms with Crippen LogP contribution in [0.15, 0.2) is 144 Å². The fourth-order valence-electron chi connectivity index (χ4n) is 4.43. The molecule has 1 unspecified atom stereocenters. The van der Waals surface area contributed by atoms with Crippen LogP contribution in [-0.4, -0.2) is 24.8 Å². The Kier molecular flexibility index (Phi) is 10.6. The molecule has 0 bridgehead atoms. The standard InChI is InChI=1S/C37H30FN3O4S/c1-45-31-21-15-25(16-22-31)23-33(41-35(42)27-11-6-3-7-12-27)36(43)40-30-13-8-14-32(24-30)46-34(26-9-4-2-5-10-26)37(44)39-29-19-17-28(38)18-20-29/h2-24,34H,1H3,(H,39,44)(H,40,43)(H,41,42)/b33-23+. The van der Waals surface area contributed by atoms with Crippen LogP contribution in [0.1, 0.15) is 26.7 Å². The molecule has 0 aliphatic rings. The summed E-state index contributed by atoms with van der Waals surface area (Å²) in [6.45, 7) is 0. The highest BCUT2D eigenvalue weighted by Crippen LogP contribution is 2.37. The molecule has 0 spiro atoms. The van der Waals surface area contributed by atoms with Crippen molar-refractivity contribution < 1.29 is 23.5 Å². The molecular formula is C37H30FN3O4S. The molecule has 0 radical (unpaired) electrons. The van der Waals surface area contributed by atoms with Gasteiger partial charge in [0.25, 0.3) is 11.8 Å². The van der Waals surface area contributed by atoms with E-state index in [4.69, 9.17) is 4.74 Å². The summed E-state index contributed by atoms with van der Waals surface area (Å²) in [5, 5.41) is 7.83. The third-order valence-electron chi connectivity index (χ3n) is 6.75. The molecule has 230 valence electrons. The predicted octanol–water partition coefficient (Wildman–Crippen LogP) is 7.72. The van der Waals surface area contributed by atoms with Crippen molar-refractivity contribution in [1.29, 1.82) is 0 Å². The number of carbonyl (C=O) groups is 3. The van der Waals surface area contributed by atoms with Crippen molar-refractivity contribution in [2.24, 2.45) is 0 Å². The molecule has 3 N–H and O–H groups in total. The lowest BCUT2D eigenvalue weighted by Crippen LogP contribution is -2.30. The Bertz CT molecular complexity index is 1830. The van der Waals surface area contributed by atoms with Gasteiger partial charge in [-0.25, -0.2) is 4.39 Å². The van der Waals surface area contributed by atoms with Gasteiger partial charge in [0, 0.05) is 21.8 Å². The number of benzene rings is 5. The van der Waals surface area contributed by atoms with Crippen molar-refractivity contribution >= 4 is 46.9 Å². The number of nitrogens with one attached hydrogen (secondary N) is 3. The maximum atomic E-state index is 13.6. The number of carbonyl (C=O) groups excluding carboxylic acids is 3. The molecule has 0 aliphatic carbocycles. The van der Waals surface area contributed by atoms with E-state index >= 15 is 0 Å². The topological polar surface area (TPSA) is 96.5 Å². The zero-order chi connectivity index (χ0) is 32.3. The van der Waals surface area contributed by atoms with Crippen LogP contribution in [0.4, 0.5) is 15.8 Å². The molecule has 0 heterocycles. The lowest BCUT2D eigenvalue weighted by atomic mass is 10.1. The Morgan fingerprint density at radius 2 is 1.41 bits per heavy atom. The van der Waals surface area contributed by atoms with Gasteiger partial charge in [-0.2, -0.15) is 0 Å². The van der Waals surface area contributed by atoms with Crippen LogP contribution in [0.3, 0.4) is 0 Å². The van der Waals surface area contributed by atoms with E-state index in [9.17, 15) is 18.8 Å². The van der Waals surface area contributed by atoms with Crippen molar-refractivity contribution in [3.8, 4) is 5.75 Å². The van der Waals surface area contributed by atoms with Crippen molar-refractivity contribution in [1.82, 2.24) is 5.32 Å². The minimum Gasteiger partial charge on any atom is -0.497 e. The van der Waals surface area contributed by atoms with Crippen molar-refractivity contribution in [2.45, 2.75) is 10.1 Å². The number of rotatable bonds is 11. The number of hydrogen-bond donors (Lipinski definition) is 3. The first-order chi connectivity index (χ1) is 22.4. The Morgan fingerprint density at radius 3 is 2.09 bits per heavy atom. The average molecular weight is 632 g/mol. The van der Waals surface area contributed by atoms with Gasteiger partial charge in [0.2, 0.25) is 5.91 Å². The minimum absolute atomic E-state index is 0.0397. The van der Waals surface area contributed by atoms with Gasteiger partial charge in [-0.05, 0) is 83.9 Å². The normalized spacial score (nSPS) is 11.7. The highest BCUT2D eigenvalue weighted by Gasteiger charge is 2.23. The largest absolute Gasteiger partial charge is 0.497 e. The Labute approximate surface area is 270 Å². The van der Waals surface area contributed by atoms with Gasteiger partial charge in [0.15, 0.2) is 0 Å². The maximum Gasteiger partial charge on any atom is 0.272 e. The number of thioether (sulfide) groups is 1. The Hall–Kier alpha value is -5.67. The monoisotopic (exact) mass is 631 g/mol. The van der Waals surface area contributed by atoms with Crippen LogP contribution < -0.4 is 20.7 Å². The van der Waals surface area contributed by atoms with Crippen LogP contribution >= 0.6 is 11.8 Å². The van der Waals surface area contributed by atoms with Crippen LogP contribution in [0.5, 0.6) is 5.75 Å². The quantitative estimate of drug-likeness (QED) is 0.103. The van der Waals surface area contributed by atoms with E-state index in [-0.39, 0.29) is 11.6 Å². The fraction of sp³-hybridized carbons (Fsp3) is 0.0541. The van der Waals surface area contributed by atoms with Crippen molar-refractivity contribution in [2.75, 3.05) is 17.7 Å². The fourth-order valence-corrected chi connectivity index (χ4v) is 5.52. The summed E-state index contributed by atoms with van der Waals surface area (Å²) in [4.78, 5) is 40.7. The first-order valence-corrected chi connectivity index (χ1v) is 15.2. The van der Waals surface area contributed by atoms with E-state index in [1.165, 1.54) is 36.0 Å². The number of amides is 3. The van der Waals surface area contributed by atoms with E-state index in [0.717, 1.165) is 10.5 Å². The number of hydrogen-bond acceptors (Lipinski definition) is 5. The zero-order valence-corrected chi connectivity index (χ0v) is 25.6. The van der Waals surface area contributed by atoms with Gasteiger partial charge in [0.1, 0.15) is 22.5 Å². The third kappa shape index (κ3) is 8.71. The van der Waals surface area contributed by atoms with E-state index in [1.54, 1.807) is 86.0 Å². The maximum absolute atomic E-state index is 13.6. The molecule has 3 amide bonds. The molecule has 5 rings (SSSR count). The Balaban J connectivity index is 1.37. The van der Waals surface area contributed by atoms with Crippen LogP contribution in [0, 0.1) is 5.82 Å². The number of halogens is 1. The van der Waals surface area contributed by atoms with Gasteiger partial charge >= 0.3 is 0 Å². The molecule has 0 aliphatic heterocycles. The summed E-state index contributed by atoms with van der Waals surface area (Å²) in [6.07, 6.45) is 1.58. The van der Waals surface area contributed by atoms with Crippen LogP contribution in [-0.2, 0) is 9.59 Å². The van der Waals surface area contributed by atoms with E-state index in [2.05, 4.69) is 16.0 Å². The highest BCUT2D eigenvalue weighted by atomic mass is 32.2. The first kappa shape index (κ1) is 31.7. The molecular weight excluding hydrogens is 601 g/mol. The van der Waals surface area contributed by atoms with Gasteiger partial charge < -0.3 is 20.7 Å². The molecule has 9 heteroatoms. The highest BCUT2D eigenvalue weighted by molar-refractivity contribution is 8.00. The second kappa shape index (κ2) is 15.4. The summed E-state index contributed by atoms with van der Waals surface area (Å²) in [6, 6.07) is 37.6. The third-order valence-corrected chi connectivity index (χ3v) is 8.00. The molecule has 5 aromatic rings. The van der Waals surface area contributed by atoms with Crippen molar-refractivity contribution in [3.63, 3.8) is 0 Å². The molecule has 7 nitrogen and oxygen atoms in total. The SMILES string of the molecule is COc1ccc(/C=C(/NC(=O)c2ccccc2)C(=O)Nc2cccc(SC(C(=O)Nc3ccc(F)cc3)c3ccccc3)c2)cc1. The van der Waals surface area contributed by atoms with Crippen LogP contribution in [0.2, 0.25) is 0 Å². The predicted molar refractivity (Wildman–Crippen MR) is 180 cm³/mol. The summed E-state index contributed by atoms with van der Waals surface area (Å²) < 4.78 is 18.6. The smallest absolute Gasteiger partial charge is 0.272 e. The van der Waals surface area contributed by atoms with Crippen LogP contribution in [0.25, 0.3) is 6.08 Å². The van der Waals surface area contributed by atoms with Gasteiger partial charge in [-0.3, -0.25) is 14.4 Å². The average Bonchev–Trinajstić information content (AvgIpc) is 3.09. The first-order valence-electron chi connectivity index (χ1n) is 14.3. The number of ether oxygens (including phenoxy) is 1. The summed E-state index contributed by atoms with van der Waals surface area (Å²) in [5.74, 6) is -0.988. The minimum atomic E-state index is -0.645. The Morgan fingerprint density at radius 1 is 0.739 bits per heavy atom. The van der Waals surface area contributed by atoms with Gasteiger partial charge in [-0.15, -0.1) is 11.8 Å². The molecule has 5 aromatic carbocycles. The second-order valence-electron chi connectivity index (χ2n) is 10.0. The summed E-state index contributed by atoms with van der Waals surface area (Å²) in [5.41, 5.74) is 2.84. The van der Waals surface area contributed by atoms with E-state index in [1.807, 2.05) is 36.4 Å². The van der Waals surface area contributed by atoms with E-state index < -0.39 is 22.9 Å². The zero-order valence-electron chi connectivity index (χ0n) is 24.8. The number of methoxy groups -OCH3 is 1. The molecule has 0 saturated carbocycles. The molecule has 0 saturated heterocycles. The lowest BCUT2D eigenvalue weighted by molar-refractivity contribution is -0.116. The van der Waals surface area contributed by atoms with Gasteiger partial charge in [0.05, 0.1) is 7.11 Å². The lowest BCUT2D eigenvalue weighted by Gasteiger charge is -2.18. The second-order valence-corrected chi connectivity index (χ2v) is 11.2. The van der Waals surface area contributed by atoms with E-state index in [0.29, 0.717) is 28.3 Å². The molecule has 1 atom stereocenters.